The highest BCUT2D eigenvalue weighted by atomic mass is 14.5. The van der Waals surface area contributed by atoms with Crippen LogP contribution in [-0.2, 0) is 0 Å². The van der Waals surface area contributed by atoms with Crippen LogP contribution in [0.3, 0.4) is 0 Å². The first kappa shape index (κ1) is 14.4. The third-order valence-corrected chi connectivity index (χ3v) is 5.70. The minimum Gasteiger partial charge on any atom is -0.0654 e. The summed E-state index contributed by atoms with van der Waals surface area (Å²) in [5.41, 5.74) is 1.35. The molecule has 0 amide bonds. The first-order valence-electron chi connectivity index (χ1n) is 8.45. The van der Waals surface area contributed by atoms with Crippen molar-refractivity contribution < 1.29 is 0 Å². The summed E-state index contributed by atoms with van der Waals surface area (Å²) in [5.74, 6) is 2.00. The average Bonchev–Trinajstić information content (AvgIpc) is 2.23. The molecule has 0 aromatic carbocycles. The van der Waals surface area contributed by atoms with Crippen LogP contribution in [0.5, 0.6) is 0 Å². The van der Waals surface area contributed by atoms with Crippen molar-refractivity contribution in [3.8, 4) is 0 Å². The number of rotatable bonds is 5. The van der Waals surface area contributed by atoms with Crippen LogP contribution in [0.2, 0.25) is 0 Å². The van der Waals surface area contributed by atoms with E-state index in [2.05, 4.69) is 27.7 Å². The first-order chi connectivity index (χ1) is 8.45. The molecule has 0 aromatic rings. The molecule has 106 valence electrons. The zero-order chi connectivity index (χ0) is 13.2. The molecule has 4 atom stereocenters. The van der Waals surface area contributed by atoms with Gasteiger partial charge in [0.05, 0.1) is 0 Å². The molecule has 0 N–H and O–H groups in total. The molecule has 2 fully saturated rings. The first-order valence-corrected chi connectivity index (χ1v) is 8.45. The number of fused-ring (bicyclic) bond motifs is 2. The Morgan fingerprint density at radius 1 is 1.22 bits per heavy atom. The second-order valence-corrected chi connectivity index (χ2v) is 8.42. The molecule has 2 saturated carbocycles. The molecule has 0 spiro atoms. The van der Waals surface area contributed by atoms with Gasteiger partial charge in [-0.05, 0) is 54.8 Å². The molecule has 2 aliphatic carbocycles. The van der Waals surface area contributed by atoms with Crippen LogP contribution in [0.15, 0.2) is 0 Å². The van der Waals surface area contributed by atoms with Crippen molar-refractivity contribution in [2.24, 2.45) is 22.7 Å². The molecule has 2 rings (SSSR count). The quantitative estimate of drug-likeness (QED) is 0.545. The van der Waals surface area contributed by atoms with Crippen LogP contribution >= 0.6 is 0 Å². The van der Waals surface area contributed by atoms with Gasteiger partial charge in [0.1, 0.15) is 0 Å². The van der Waals surface area contributed by atoms with E-state index in [9.17, 15) is 0 Å². The summed E-state index contributed by atoms with van der Waals surface area (Å²) in [6.07, 6.45) is 14.8. The molecule has 0 heteroatoms. The second-order valence-electron chi connectivity index (χ2n) is 8.42. The Morgan fingerprint density at radius 2 is 2.00 bits per heavy atom. The minimum atomic E-state index is 0.658. The van der Waals surface area contributed by atoms with Crippen LogP contribution in [0.25, 0.3) is 0 Å². The predicted molar refractivity (Wildman–Crippen MR) is 80.7 cm³/mol. The fourth-order valence-corrected chi connectivity index (χ4v) is 5.50. The summed E-state index contributed by atoms with van der Waals surface area (Å²) in [4.78, 5) is 0. The van der Waals surface area contributed by atoms with Crippen LogP contribution in [0, 0.1) is 22.7 Å². The van der Waals surface area contributed by atoms with Gasteiger partial charge in [-0.3, -0.25) is 0 Å². The molecule has 0 radical (unpaired) electrons. The molecule has 0 saturated heterocycles. The monoisotopic (exact) mass is 250 g/mol. The lowest BCUT2D eigenvalue weighted by Crippen LogP contribution is -2.40. The number of hydrogen-bond acceptors (Lipinski definition) is 0. The largest absolute Gasteiger partial charge is 0.0654 e. The zero-order valence-corrected chi connectivity index (χ0v) is 13.2. The van der Waals surface area contributed by atoms with Gasteiger partial charge in [-0.1, -0.05) is 59.8 Å². The maximum absolute atomic E-state index is 2.60. The molecule has 2 aliphatic rings. The second kappa shape index (κ2) is 5.55. The standard InChI is InChI=1S/C18H34/c1-5-6-8-15(2)11-18(4)13-16-9-7-10-17(3,12-16)14-18/h15-16H,5-14H2,1-4H3. The Hall–Kier alpha value is 0. The minimum absolute atomic E-state index is 0.658. The highest BCUT2D eigenvalue weighted by molar-refractivity contribution is 4.96. The van der Waals surface area contributed by atoms with Crippen LogP contribution in [0.1, 0.15) is 91.9 Å². The summed E-state index contributed by atoms with van der Waals surface area (Å²) in [5, 5.41) is 0. The molecule has 0 nitrogen and oxygen atoms in total. The summed E-state index contributed by atoms with van der Waals surface area (Å²) in [6, 6.07) is 0. The summed E-state index contributed by atoms with van der Waals surface area (Å²) in [6.45, 7) is 9.99. The fourth-order valence-electron chi connectivity index (χ4n) is 5.50. The lowest BCUT2D eigenvalue weighted by Gasteiger charge is -2.52. The van der Waals surface area contributed by atoms with Crippen molar-refractivity contribution in [2.45, 2.75) is 91.9 Å². The molecular weight excluding hydrogens is 216 g/mol. The van der Waals surface area contributed by atoms with Gasteiger partial charge in [0.25, 0.3) is 0 Å². The molecule has 0 aliphatic heterocycles. The van der Waals surface area contributed by atoms with Crippen LogP contribution in [-0.4, -0.2) is 0 Å². The third kappa shape index (κ3) is 3.52. The van der Waals surface area contributed by atoms with E-state index in [4.69, 9.17) is 0 Å². The van der Waals surface area contributed by atoms with E-state index in [0.29, 0.717) is 10.8 Å². The molecule has 0 heterocycles. The van der Waals surface area contributed by atoms with Gasteiger partial charge in [-0.25, -0.2) is 0 Å². The summed E-state index contributed by atoms with van der Waals surface area (Å²) in [7, 11) is 0. The van der Waals surface area contributed by atoms with E-state index in [1.807, 2.05) is 0 Å². The smallest absolute Gasteiger partial charge is 0.0315 e. The number of unbranched alkanes of at least 4 members (excludes halogenated alkanes) is 1. The Balaban J connectivity index is 1.94. The zero-order valence-electron chi connectivity index (χ0n) is 13.2. The van der Waals surface area contributed by atoms with E-state index in [1.165, 1.54) is 64.2 Å². The van der Waals surface area contributed by atoms with Crippen molar-refractivity contribution in [2.75, 3.05) is 0 Å². The molecular formula is C18H34. The normalized spacial score (nSPS) is 41.7. The predicted octanol–water partition coefficient (Wildman–Crippen LogP) is 6.20. The van der Waals surface area contributed by atoms with E-state index in [0.717, 1.165) is 11.8 Å². The third-order valence-electron chi connectivity index (χ3n) is 5.70. The fraction of sp³-hybridized carbons (Fsp3) is 1.00. The highest BCUT2D eigenvalue weighted by Gasteiger charge is 2.45. The van der Waals surface area contributed by atoms with Gasteiger partial charge in [-0.2, -0.15) is 0 Å². The van der Waals surface area contributed by atoms with E-state index in [1.54, 1.807) is 0 Å². The summed E-state index contributed by atoms with van der Waals surface area (Å²) >= 11 is 0. The lowest BCUT2D eigenvalue weighted by atomic mass is 9.53. The van der Waals surface area contributed by atoms with E-state index >= 15 is 0 Å². The Bertz CT molecular complexity index is 269. The molecule has 2 bridgehead atoms. The Labute approximate surface area is 115 Å². The molecule has 18 heavy (non-hydrogen) atoms. The van der Waals surface area contributed by atoms with Gasteiger partial charge in [0, 0.05) is 0 Å². The topological polar surface area (TPSA) is 0 Å². The van der Waals surface area contributed by atoms with Crippen molar-refractivity contribution in [3.05, 3.63) is 0 Å². The Morgan fingerprint density at radius 3 is 2.67 bits per heavy atom. The maximum Gasteiger partial charge on any atom is -0.0315 e. The average molecular weight is 250 g/mol. The highest BCUT2D eigenvalue weighted by Crippen LogP contribution is 2.57. The maximum atomic E-state index is 2.60. The van der Waals surface area contributed by atoms with Gasteiger partial charge < -0.3 is 0 Å². The molecule has 0 aromatic heterocycles. The van der Waals surface area contributed by atoms with Gasteiger partial charge in [0.15, 0.2) is 0 Å². The van der Waals surface area contributed by atoms with E-state index in [-0.39, 0.29) is 0 Å². The van der Waals surface area contributed by atoms with E-state index < -0.39 is 0 Å². The SMILES string of the molecule is CCCCC(C)CC1(C)CC2CCCC(C)(C2)C1. The van der Waals surface area contributed by atoms with Gasteiger partial charge in [0.2, 0.25) is 0 Å². The van der Waals surface area contributed by atoms with Crippen LogP contribution in [0.4, 0.5) is 0 Å². The number of hydrogen-bond donors (Lipinski definition) is 0. The Kier molecular flexibility index (Phi) is 4.44. The van der Waals surface area contributed by atoms with Crippen LogP contribution < -0.4 is 0 Å². The summed E-state index contributed by atoms with van der Waals surface area (Å²) < 4.78 is 0. The van der Waals surface area contributed by atoms with Gasteiger partial charge >= 0.3 is 0 Å². The lowest BCUT2D eigenvalue weighted by molar-refractivity contribution is -0.00908. The molecule has 4 unspecified atom stereocenters. The van der Waals surface area contributed by atoms with Gasteiger partial charge in [-0.15, -0.1) is 0 Å². The van der Waals surface area contributed by atoms with Crippen molar-refractivity contribution >= 4 is 0 Å². The van der Waals surface area contributed by atoms with Crippen molar-refractivity contribution in [3.63, 3.8) is 0 Å². The van der Waals surface area contributed by atoms with Crippen molar-refractivity contribution in [1.29, 1.82) is 0 Å². The van der Waals surface area contributed by atoms with Crippen molar-refractivity contribution in [1.82, 2.24) is 0 Å².